The van der Waals surface area contributed by atoms with Crippen molar-refractivity contribution in [3.05, 3.63) is 29.8 Å². The zero-order valence-electron chi connectivity index (χ0n) is 9.10. The molecule has 0 saturated carbocycles. The van der Waals surface area contributed by atoms with Gasteiger partial charge in [0, 0.05) is 23.9 Å². The second kappa shape index (κ2) is 4.89. The zero-order chi connectivity index (χ0) is 11.5. The Bertz CT molecular complexity index is 377. The van der Waals surface area contributed by atoms with Crippen LogP contribution in [-0.2, 0) is 11.2 Å². The topological polar surface area (TPSA) is 46.3 Å². The van der Waals surface area contributed by atoms with Crippen molar-refractivity contribution in [2.24, 2.45) is 5.73 Å². The highest BCUT2D eigenvalue weighted by Crippen LogP contribution is 2.24. The molecule has 1 aromatic carbocycles. The molecule has 1 aromatic rings. The maximum atomic E-state index is 11.7. The molecule has 0 bridgehead atoms. The van der Waals surface area contributed by atoms with Gasteiger partial charge in [0.05, 0.1) is 0 Å². The third kappa shape index (κ3) is 2.39. The van der Waals surface area contributed by atoms with Crippen LogP contribution < -0.4 is 10.6 Å². The van der Waals surface area contributed by atoms with Gasteiger partial charge >= 0.3 is 0 Å². The molecule has 1 fully saturated rings. The van der Waals surface area contributed by atoms with E-state index in [9.17, 15) is 4.79 Å². The molecule has 1 atom stereocenters. The van der Waals surface area contributed by atoms with Crippen LogP contribution in [0.4, 0.5) is 5.69 Å². The van der Waals surface area contributed by atoms with Crippen molar-refractivity contribution in [1.82, 2.24) is 0 Å². The highest BCUT2D eigenvalue weighted by molar-refractivity contribution is 7.81. The van der Waals surface area contributed by atoms with E-state index in [1.54, 1.807) is 4.90 Å². The van der Waals surface area contributed by atoms with Crippen molar-refractivity contribution >= 4 is 24.2 Å². The SMILES string of the molecule is NCCc1ccc(N2CC(S)CC2=O)cc1. The van der Waals surface area contributed by atoms with Crippen molar-refractivity contribution in [3.63, 3.8) is 0 Å². The van der Waals surface area contributed by atoms with Crippen LogP contribution in [0, 0.1) is 0 Å². The van der Waals surface area contributed by atoms with Crippen LogP contribution in [0.15, 0.2) is 24.3 Å². The normalized spacial score (nSPS) is 20.5. The molecule has 2 rings (SSSR count). The Kier molecular flexibility index (Phi) is 3.51. The van der Waals surface area contributed by atoms with Gasteiger partial charge in [0.25, 0.3) is 0 Å². The van der Waals surface area contributed by atoms with E-state index >= 15 is 0 Å². The minimum Gasteiger partial charge on any atom is -0.330 e. The lowest BCUT2D eigenvalue weighted by atomic mass is 10.1. The van der Waals surface area contributed by atoms with Crippen molar-refractivity contribution in [1.29, 1.82) is 0 Å². The highest BCUT2D eigenvalue weighted by Gasteiger charge is 2.27. The largest absolute Gasteiger partial charge is 0.330 e. The predicted molar refractivity (Wildman–Crippen MR) is 68.9 cm³/mol. The van der Waals surface area contributed by atoms with Gasteiger partial charge in [0.2, 0.25) is 5.91 Å². The standard InChI is InChI=1S/C12H16N2OS/c13-6-5-9-1-3-10(4-2-9)14-8-11(16)7-12(14)15/h1-4,11,16H,5-8,13H2. The number of carbonyl (C=O) groups is 1. The third-order valence-electron chi connectivity index (χ3n) is 2.79. The quantitative estimate of drug-likeness (QED) is 0.775. The van der Waals surface area contributed by atoms with Crippen LogP contribution in [-0.4, -0.2) is 24.2 Å². The van der Waals surface area contributed by atoms with Crippen molar-refractivity contribution in [2.75, 3.05) is 18.0 Å². The summed E-state index contributed by atoms with van der Waals surface area (Å²) in [6.45, 7) is 1.36. The molecule has 1 aliphatic rings. The van der Waals surface area contributed by atoms with E-state index in [2.05, 4.69) is 12.6 Å². The number of anilines is 1. The molecule has 0 aliphatic carbocycles. The number of hydrogen-bond acceptors (Lipinski definition) is 3. The van der Waals surface area contributed by atoms with Gasteiger partial charge < -0.3 is 10.6 Å². The van der Waals surface area contributed by atoms with Gasteiger partial charge in [0.15, 0.2) is 0 Å². The molecule has 86 valence electrons. The van der Waals surface area contributed by atoms with E-state index in [1.165, 1.54) is 5.56 Å². The molecule has 0 radical (unpaired) electrons. The summed E-state index contributed by atoms with van der Waals surface area (Å²) >= 11 is 4.34. The van der Waals surface area contributed by atoms with Crippen LogP contribution >= 0.6 is 12.6 Å². The molecular weight excluding hydrogens is 220 g/mol. The number of nitrogens with zero attached hydrogens (tertiary/aromatic N) is 1. The van der Waals surface area contributed by atoms with Crippen LogP contribution in [0.2, 0.25) is 0 Å². The van der Waals surface area contributed by atoms with Gasteiger partial charge in [-0.05, 0) is 30.7 Å². The Morgan fingerprint density at radius 1 is 1.38 bits per heavy atom. The number of thiol groups is 1. The molecule has 4 heteroatoms. The summed E-state index contributed by atoms with van der Waals surface area (Å²) in [4.78, 5) is 13.4. The Balaban J connectivity index is 2.12. The molecule has 3 nitrogen and oxygen atoms in total. The summed E-state index contributed by atoms with van der Waals surface area (Å²) in [6, 6.07) is 8.02. The molecular formula is C12H16N2OS. The molecule has 0 spiro atoms. The van der Waals surface area contributed by atoms with Gasteiger partial charge in [0.1, 0.15) is 0 Å². The fraction of sp³-hybridized carbons (Fsp3) is 0.417. The minimum absolute atomic E-state index is 0.159. The molecule has 1 heterocycles. The number of benzene rings is 1. The average molecular weight is 236 g/mol. The first kappa shape index (κ1) is 11.5. The fourth-order valence-electron chi connectivity index (χ4n) is 1.95. The number of hydrogen-bond donors (Lipinski definition) is 2. The first-order chi connectivity index (χ1) is 7.70. The summed E-state index contributed by atoms with van der Waals surface area (Å²) in [6.07, 6.45) is 1.41. The predicted octanol–water partition coefficient (Wildman–Crippen LogP) is 1.22. The van der Waals surface area contributed by atoms with Crippen molar-refractivity contribution < 1.29 is 4.79 Å². The number of rotatable bonds is 3. The van der Waals surface area contributed by atoms with Crippen LogP contribution in [0.3, 0.4) is 0 Å². The Labute approximate surface area is 101 Å². The van der Waals surface area contributed by atoms with Gasteiger partial charge in [-0.25, -0.2) is 0 Å². The maximum absolute atomic E-state index is 11.7. The van der Waals surface area contributed by atoms with E-state index in [0.717, 1.165) is 12.1 Å². The summed E-state index contributed by atoms with van der Waals surface area (Å²) in [5.74, 6) is 0.159. The lowest BCUT2D eigenvalue weighted by molar-refractivity contribution is -0.117. The van der Waals surface area contributed by atoms with E-state index in [1.807, 2.05) is 24.3 Å². The molecule has 16 heavy (non-hydrogen) atoms. The Morgan fingerprint density at radius 3 is 2.56 bits per heavy atom. The lowest BCUT2D eigenvalue weighted by Crippen LogP contribution is -2.24. The minimum atomic E-state index is 0.159. The molecule has 2 N–H and O–H groups in total. The molecule has 0 aromatic heterocycles. The smallest absolute Gasteiger partial charge is 0.228 e. The zero-order valence-corrected chi connectivity index (χ0v) is 9.99. The Hall–Kier alpha value is -1.00. The molecule has 1 saturated heterocycles. The molecule has 1 amide bonds. The average Bonchev–Trinajstić information content (AvgIpc) is 2.59. The van der Waals surface area contributed by atoms with Crippen molar-refractivity contribution in [2.45, 2.75) is 18.1 Å². The Morgan fingerprint density at radius 2 is 2.06 bits per heavy atom. The second-order valence-electron chi connectivity index (χ2n) is 4.07. The van der Waals surface area contributed by atoms with Crippen molar-refractivity contribution in [3.8, 4) is 0 Å². The van der Waals surface area contributed by atoms with E-state index in [-0.39, 0.29) is 11.2 Å². The summed E-state index contributed by atoms with van der Waals surface area (Å²) < 4.78 is 0. The lowest BCUT2D eigenvalue weighted by Gasteiger charge is -2.16. The van der Waals surface area contributed by atoms with Crippen LogP contribution in [0.5, 0.6) is 0 Å². The third-order valence-corrected chi connectivity index (χ3v) is 3.13. The van der Waals surface area contributed by atoms with E-state index in [4.69, 9.17) is 5.73 Å². The maximum Gasteiger partial charge on any atom is 0.228 e. The monoisotopic (exact) mass is 236 g/mol. The summed E-state index contributed by atoms with van der Waals surface area (Å²) in [5.41, 5.74) is 7.66. The number of amides is 1. The van der Waals surface area contributed by atoms with E-state index < -0.39 is 0 Å². The second-order valence-corrected chi connectivity index (χ2v) is 4.80. The van der Waals surface area contributed by atoms with E-state index in [0.29, 0.717) is 19.5 Å². The highest BCUT2D eigenvalue weighted by atomic mass is 32.1. The number of carbonyl (C=O) groups excluding carboxylic acids is 1. The number of nitrogens with two attached hydrogens (primary N) is 1. The van der Waals surface area contributed by atoms with Gasteiger partial charge in [-0.2, -0.15) is 12.6 Å². The molecule has 1 unspecified atom stereocenters. The van der Waals surface area contributed by atoms with Gasteiger partial charge in [-0.1, -0.05) is 12.1 Å². The van der Waals surface area contributed by atoms with Crippen LogP contribution in [0.25, 0.3) is 0 Å². The first-order valence-corrected chi connectivity index (χ1v) is 6.00. The van der Waals surface area contributed by atoms with Gasteiger partial charge in [-0.3, -0.25) is 4.79 Å². The van der Waals surface area contributed by atoms with Gasteiger partial charge in [-0.15, -0.1) is 0 Å². The fourth-order valence-corrected chi connectivity index (χ4v) is 2.27. The summed E-state index contributed by atoms with van der Waals surface area (Å²) in [5, 5.41) is 0.163. The molecule has 1 aliphatic heterocycles. The summed E-state index contributed by atoms with van der Waals surface area (Å²) in [7, 11) is 0. The van der Waals surface area contributed by atoms with Crippen LogP contribution in [0.1, 0.15) is 12.0 Å². The first-order valence-electron chi connectivity index (χ1n) is 5.48.